The molecule has 2 amide bonds. The number of carboxylic acids is 1. The van der Waals surface area contributed by atoms with Gasteiger partial charge in [0.25, 0.3) is 5.56 Å². The molecule has 1 atom stereocenters. The van der Waals surface area contributed by atoms with Gasteiger partial charge in [0.2, 0.25) is 0 Å². The van der Waals surface area contributed by atoms with Gasteiger partial charge in [0.05, 0.1) is 6.54 Å². The second kappa shape index (κ2) is 7.61. The van der Waals surface area contributed by atoms with Crippen molar-refractivity contribution in [2.75, 3.05) is 0 Å². The molecular formula is C14H20N4O5. The van der Waals surface area contributed by atoms with Gasteiger partial charge in [0.15, 0.2) is 0 Å². The van der Waals surface area contributed by atoms with Gasteiger partial charge >= 0.3 is 17.7 Å². The van der Waals surface area contributed by atoms with Crippen LogP contribution < -0.4 is 21.9 Å². The third-order valence-electron chi connectivity index (χ3n) is 3.82. The molecule has 0 saturated heterocycles. The van der Waals surface area contributed by atoms with Crippen molar-refractivity contribution in [3.63, 3.8) is 0 Å². The molecule has 1 aromatic rings. The van der Waals surface area contributed by atoms with E-state index in [9.17, 15) is 24.3 Å². The summed E-state index contributed by atoms with van der Waals surface area (Å²) in [5, 5.41) is 14.3. The summed E-state index contributed by atoms with van der Waals surface area (Å²) < 4.78 is 1.03. The fourth-order valence-corrected chi connectivity index (χ4v) is 2.60. The number of carbonyl (C=O) groups excluding carboxylic acids is 1. The molecule has 4 N–H and O–H groups in total. The number of aromatic amines is 1. The maximum Gasteiger partial charge on any atom is 0.328 e. The SMILES string of the molecule is O=C(NC1CCCCC1)N[C@@H](Cn1ccc(=O)[nH]c1=O)C(=O)O. The third-order valence-corrected chi connectivity index (χ3v) is 3.82. The van der Waals surface area contributed by atoms with E-state index in [2.05, 4.69) is 10.6 Å². The van der Waals surface area contributed by atoms with Crippen molar-refractivity contribution in [1.82, 2.24) is 20.2 Å². The molecule has 126 valence electrons. The summed E-state index contributed by atoms with van der Waals surface area (Å²) in [6.45, 7) is -0.275. The van der Waals surface area contributed by atoms with Gasteiger partial charge in [-0.15, -0.1) is 0 Å². The molecule has 1 heterocycles. The average molecular weight is 324 g/mol. The van der Waals surface area contributed by atoms with E-state index in [4.69, 9.17) is 0 Å². The van der Waals surface area contributed by atoms with Crippen LogP contribution in [0.5, 0.6) is 0 Å². The number of urea groups is 1. The van der Waals surface area contributed by atoms with Crippen molar-refractivity contribution in [3.8, 4) is 0 Å². The van der Waals surface area contributed by atoms with Gasteiger partial charge < -0.3 is 15.7 Å². The van der Waals surface area contributed by atoms with Crippen LogP contribution in [0.3, 0.4) is 0 Å². The van der Waals surface area contributed by atoms with Gasteiger partial charge in [-0.05, 0) is 12.8 Å². The lowest BCUT2D eigenvalue weighted by molar-refractivity contribution is -0.139. The largest absolute Gasteiger partial charge is 0.480 e. The van der Waals surface area contributed by atoms with E-state index in [1.54, 1.807) is 0 Å². The highest BCUT2D eigenvalue weighted by molar-refractivity contribution is 5.82. The van der Waals surface area contributed by atoms with E-state index in [0.717, 1.165) is 42.7 Å². The maximum atomic E-state index is 11.9. The minimum absolute atomic E-state index is 0.0500. The number of hydrogen-bond donors (Lipinski definition) is 4. The molecule has 9 heteroatoms. The first kappa shape index (κ1) is 16.8. The molecule has 1 aliphatic carbocycles. The van der Waals surface area contributed by atoms with Gasteiger partial charge in [-0.25, -0.2) is 14.4 Å². The zero-order valence-electron chi connectivity index (χ0n) is 12.6. The maximum absolute atomic E-state index is 11.9. The van der Waals surface area contributed by atoms with E-state index in [1.807, 2.05) is 4.98 Å². The monoisotopic (exact) mass is 324 g/mol. The number of rotatable bonds is 5. The molecular weight excluding hydrogens is 304 g/mol. The Morgan fingerprint density at radius 1 is 1.30 bits per heavy atom. The van der Waals surface area contributed by atoms with Crippen molar-refractivity contribution >= 4 is 12.0 Å². The summed E-state index contributed by atoms with van der Waals surface area (Å²) in [5.41, 5.74) is -1.29. The first-order valence-corrected chi connectivity index (χ1v) is 7.55. The molecule has 0 bridgehead atoms. The van der Waals surface area contributed by atoms with Crippen LogP contribution in [0.15, 0.2) is 21.9 Å². The topological polar surface area (TPSA) is 133 Å². The van der Waals surface area contributed by atoms with E-state index in [-0.39, 0.29) is 12.6 Å². The summed E-state index contributed by atoms with van der Waals surface area (Å²) in [6, 6.07) is -0.680. The minimum atomic E-state index is -1.28. The van der Waals surface area contributed by atoms with E-state index < -0.39 is 29.3 Å². The molecule has 23 heavy (non-hydrogen) atoms. The van der Waals surface area contributed by atoms with E-state index in [0.29, 0.717) is 0 Å². The Bertz CT molecular complexity index is 674. The molecule has 1 saturated carbocycles. The predicted molar refractivity (Wildman–Crippen MR) is 81.3 cm³/mol. The number of H-pyrrole nitrogens is 1. The van der Waals surface area contributed by atoms with E-state index >= 15 is 0 Å². The van der Waals surface area contributed by atoms with Crippen LogP contribution in [0.25, 0.3) is 0 Å². The average Bonchev–Trinajstić information content (AvgIpc) is 2.50. The van der Waals surface area contributed by atoms with Gasteiger partial charge in [-0.1, -0.05) is 19.3 Å². The Morgan fingerprint density at radius 2 is 2.00 bits per heavy atom. The van der Waals surface area contributed by atoms with Crippen LogP contribution >= 0.6 is 0 Å². The second-order valence-electron chi connectivity index (χ2n) is 5.61. The smallest absolute Gasteiger partial charge is 0.328 e. The molecule has 0 radical (unpaired) electrons. The molecule has 0 unspecified atom stereocenters. The van der Waals surface area contributed by atoms with Crippen LogP contribution in [0, 0.1) is 0 Å². The van der Waals surface area contributed by atoms with Crippen LogP contribution in [0.1, 0.15) is 32.1 Å². The highest BCUT2D eigenvalue weighted by Gasteiger charge is 2.23. The standard InChI is InChI=1S/C14H20N4O5/c19-11-6-7-18(14(23)17-11)8-10(12(20)21)16-13(22)15-9-4-2-1-3-5-9/h6-7,9-10H,1-5,8H2,(H,20,21)(H2,15,16,22)(H,17,19,23)/t10-/m0/s1. The number of carbonyl (C=O) groups is 2. The summed E-state index contributed by atoms with van der Waals surface area (Å²) in [6.07, 6.45) is 6.18. The molecule has 1 aromatic heterocycles. The normalized spacial score (nSPS) is 16.5. The molecule has 0 aliphatic heterocycles. The van der Waals surface area contributed by atoms with Crippen LogP contribution in [0.2, 0.25) is 0 Å². The minimum Gasteiger partial charge on any atom is -0.480 e. The van der Waals surface area contributed by atoms with Gasteiger partial charge in [0, 0.05) is 18.3 Å². The molecule has 0 spiro atoms. The van der Waals surface area contributed by atoms with E-state index in [1.165, 1.54) is 6.20 Å². The zero-order chi connectivity index (χ0) is 16.8. The van der Waals surface area contributed by atoms with Crippen molar-refractivity contribution in [3.05, 3.63) is 33.1 Å². The van der Waals surface area contributed by atoms with Crippen LogP contribution in [-0.2, 0) is 11.3 Å². The third kappa shape index (κ3) is 4.97. The Hall–Kier alpha value is -2.58. The molecule has 1 fully saturated rings. The summed E-state index contributed by atoms with van der Waals surface area (Å²) >= 11 is 0. The number of aliphatic carboxylic acids is 1. The summed E-state index contributed by atoms with van der Waals surface area (Å²) in [7, 11) is 0. The molecule has 9 nitrogen and oxygen atoms in total. The lowest BCUT2D eigenvalue weighted by Gasteiger charge is -2.24. The quantitative estimate of drug-likeness (QED) is 0.586. The number of nitrogens with zero attached hydrogens (tertiary/aromatic N) is 1. The first-order chi connectivity index (χ1) is 11.0. The second-order valence-corrected chi connectivity index (χ2v) is 5.61. The number of hydrogen-bond acceptors (Lipinski definition) is 4. The van der Waals surface area contributed by atoms with Gasteiger partial charge in [-0.3, -0.25) is 14.3 Å². The van der Waals surface area contributed by atoms with Crippen LogP contribution in [-0.4, -0.2) is 38.7 Å². The summed E-state index contributed by atoms with van der Waals surface area (Å²) in [5.74, 6) is -1.26. The Balaban J connectivity index is 1.97. The van der Waals surface area contributed by atoms with Gasteiger partial charge in [0.1, 0.15) is 6.04 Å². The number of aromatic nitrogens is 2. The highest BCUT2D eigenvalue weighted by Crippen LogP contribution is 2.17. The number of amides is 2. The number of nitrogens with one attached hydrogen (secondary N) is 3. The predicted octanol–water partition coefficient (Wildman–Crippen LogP) is -0.378. The molecule has 2 rings (SSSR count). The Labute approximate surface area is 131 Å². The lowest BCUT2D eigenvalue weighted by atomic mass is 9.96. The Kier molecular flexibility index (Phi) is 5.56. The first-order valence-electron chi connectivity index (χ1n) is 7.55. The zero-order valence-corrected chi connectivity index (χ0v) is 12.6. The fourth-order valence-electron chi connectivity index (χ4n) is 2.60. The van der Waals surface area contributed by atoms with Crippen molar-refractivity contribution in [2.45, 2.75) is 50.7 Å². The highest BCUT2D eigenvalue weighted by atomic mass is 16.4. The fraction of sp³-hybridized carbons (Fsp3) is 0.571. The number of carboxylic acid groups (broad SMARTS) is 1. The lowest BCUT2D eigenvalue weighted by Crippen LogP contribution is -2.51. The van der Waals surface area contributed by atoms with Gasteiger partial charge in [-0.2, -0.15) is 0 Å². The van der Waals surface area contributed by atoms with Crippen LogP contribution in [0.4, 0.5) is 4.79 Å². The summed E-state index contributed by atoms with van der Waals surface area (Å²) in [4.78, 5) is 47.8. The van der Waals surface area contributed by atoms with Crippen molar-refractivity contribution in [2.24, 2.45) is 0 Å². The Morgan fingerprint density at radius 3 is 2.61 bits per heavy atom. The van der Waals surface area contributed by atoms with Crippen molar-refractivity contribution in [1.29, 1.82) is 0 Å². The molecule has 0 aromatic carbocycles. The van der Waals surface area contributed by atoms with Crippen molar-refractivity contribution < 1.29 is 14.7 Å². The molecule has 1 aliphatic rings.